The normalized spacial score (nSPS) is 27.0. The highest BCUT2D eigenvalue weighted by atomic mass is 16.6. The summed E-state index contributed by atoms with van der Waals surface area (Å²) in [7, 11) is 1.74. The Morgan fingerprint density at radius 2 is 1.85 bits per heavy atom. The fourth-order valence-electron chi connectivity index (χ4n) is 6.51. The third-order valence-electron chi connectivity index (χ3n) is 8.31. The minimum Gasteiger partial charge on any atom is -0.504 e. The summed E-state index contributed by atoms with van der Waals surface area (Å²) in [4.78, 5) is 60.0. The Morgan fingerprint density at radius 3 is 2.44 bits per heavy atom. The number of phenolic OH excluding ortho intramolecular Hbond substituents is 1. The molecule has 0 unspecified atom stereocenters. The summed E-state index contributed by atoms with van der Waals surface area (Å²) in [5.74, 6) is -7.18. The van der Waals surface area contributed by atoms with Crippen molar-refractivity contribution in [2.24, 2.45) is 5.92 Å². The van der Waals surface area contributed by atoms with Gasteiger partial charge in [0.1, 0.15) is 11.5 Å². The molecule has 4 rings (SSSR count). The van der Waals surface area contributed by atoms with E-state index >= 15 is 0 Å². The summed E-state index contributed by atoms with van der Waals surface area (Å²) in [6.07, 6.45) is -2.71. The van der Waals surface area contributed by atoms with Gasteiger partial charge in [0.2, 0.25) is 6.10 Å². The molecular weight excluding hydrogens is 542 g/mol. The van der Waals surface area contributed by atoms with Crippen molar-refractivity contribution < 1.29 is 58.6 Å². The van der Waals surface area contributed by atoms with E-state index in [9.17, 15) is 39.3 Å². The van der Waals surface area contributed by atoms with Crippen LogP contribution < -0.4 is 10.1 Å². The van der Waals surface area contributed by atoms with E-state index in [1.165, 1.54) is 19.1 Å². The summed E-state index contributed by atoms with van der Waals surface area (Å²) < 4.78 is 16.7. The molecule has 0 fully saturated rings. The predicted molar refractivity (Wildman–Crippen MR) is 138 cm³/mol. The van der Waals surface area contributed by atoms with Crippen LogP contribution in [-0.4, -0.2) is 81.0 Å². The van der Waals surface area contributed by atoms with E-state index in [0.717, 1.165) is 5.56 Å². The average Bonchev–Trinajstić information content (AvgIpc) is 3.27. The number of hydrogen-bond acceptors (Lipinski definition) is 11. The fourth-order valence-corrected chi connectivity index (χ4v) is 6.51. The monoisotopic (exact) mass is 575 g/mol. The molecule has 6 atom stereocenters. The molecule has 0 bridgehead atoms. The fraction of sp³-hybridized carbons (Fsp3) is 0.536. The number of benzene rings is 1. The van der Waals surface area contributed by atoms with E-state index in [4.69, 9.17) is 19.3 Å². The minimum atomic E-state index is -2.01. The second-order valence-corrected chi connectivity index (χ2v) is 10.7. The van der Waals surface area contributed by atoms with Gasteiger partial charge in [-0.1, -0.05) is 13.0 Å². The number of aliphatic hydroxyl groups is 1. The number of nitrogens with one attached hydrogen (secondary N) is 1. The molecule has 222 valence electrons. The smallest absolute Gasteiger partial charge is 0.345 e. The summed E-state index contributed by atoms with van der Waals surface area (Å²) in [5, 5.41) is 44.0. The maximum Gasteiger partial charge on any atom is 0.345 e. The van der Waals surface area contributed by atoms with Crippen LogP contribution in [0.5, 0.6) is 11.5 Å². The Hall–Kier alpha value is -3.97. The first-order valence-electron chi connectivity index (χ1n) is 13.3. The molecule has 1 aromatic rings. The van der Waals surface area contributed by atoms with Crippen LogP contribution in [-0.2, 0) is 45.3 Å². The van der Waals surface area contributed by atoms with Gasteiger partial charge < -0.3 is 44.7 Å². The second kappa shape index (κ2) is 11.1. The number of likely N-dealkylation sites (N-methyl/N-ethyl adjacent to an activating group) is 1. The second-order valence-electron chi connectivity index (χ2n) is 10.7. The molecule has 3 aliphatic rings. The van der Waals surface area contributed by atoms with Crippen LogP contribution in [0.15, 0.2) is 24.0 Å². The lowest BCUT2D eigenvalue weighted by Crippen LogP contribution is -2.70. The minimum absolute atomic E-state index is 0.0593. The summed E-state index contributed by atoms with van der Waals surface area (Å²) >= 11 is 0. The van der Waals surface area contributed by atoms with Crippen molar-refractivity contribution in [3.05, 3.63) is 35.1 Å². The Bertz CT molecular complexity index is 1320. The van der Waals surface area contributed by atoms with Crippen molar-refractivity contribution in [3.63, 3.8) is 0 Å². The van der Waals surface area contributed by atoms with Crippen molar-refractivity contribution in [2.45, 2.75) is 81.6 Å². The van der Waals surface area contributed by atoms with E-state index in [1.807, 2.05) is 6.92 Å². The predicted octanol–water partition coefficient (Wildman–Crippen LogP) is 0.964. The largest absolute Gasteiger partial charge is 0.504 e. The van der Waals surface area contributed by atoms with Crippen LogP contribution >= 0.6 is 0 Å². The van der Waals surface area contributed by atoms with Gasteiger partial charge >= 0.3 is 23.9 Å². The van der Waals surface area contributed by atoms with Crippen LogP contribution in [0.25, 0.3) is 0 Å². The topological polar surface area (TPSA) is 206 Å². The van der Waals surface area contributed by atoms with Crippen LogP contribution in [0.2, 0.25) is 0 Å². The van der Waals surface area contributed by atoms with Crippen molar-refractivity contribution >= 4 is 29.7 Å². The van der Waals surface area contributed by atoms with Crippen molar-refractivity contribution in [3.8, 4) is 11.5 Å². The van der Waals surface area contributed by atoms with E-state index < -0.39 is 78.1 Å². The quantitative estimate of drug-likeness (QED) is 0.221. The molecule has 0 aromatic heterocycles. The van der Waals surface area contributed by atoms with Gasteiger partial charge in [-0.2, -0.15) is 0 Å². The average molecular weight is 576 g/mol. The molecule has 2 aliphatic carbocycles. The third kappa shape index (κ3) is 5.04. The number of hydrogen-bond donors (Lipinski definition) is 5. The number of rotatable bonds is 12. The summed E-state index contributed by atoms with van der Waals surface area (Å²) in [6.45, 7) is 3.03. The maximum absolute atomic E-state index is 13.1. The third-order valence-corrected chi connectivity index (χ3v) is 8.31. The molecule has 0 spiro atoms. The summed E-state index contributed by atoms with van der Waals surface area (Å²) in [6, 6.07) is 2.90. The molecule has 5 N–H and O–H groups in total. The van der Waals surface area contributed by atoms with Crippen molar-refractivity contribution in [2.75, 3.05) is 7.05 Å². The van der Waals surface area contributed by atoms with Crippen LogP contribution in [0, 0.1) is 5.92 Å². The maximum atomic E-state index is 13.1. The number of phenols is 1. The summed E-state index contributed by atoms with van der Waals surface area (Å²) in [5.41, 5.74) is -0.926. The highest BCUT2D eigenvalue weighted by molar-refractivity contribution is 5.88. The van der Waals surface area contributed by atoms with E-state index in [0.29, 0.717) is 18.4 Å². The first-order valence-corrected chi connectivity index (χ1v) is 13.3. The first-order chi connectivity index (χ1) is 19.3. The number of carbonyl (C=O) groups excluding carboxylic acids is 3. The number of carbonyl (C=O) groups is 5. The lowest BCUT2D eigenvalue weighted by atomic mass is 9.52. The van der Waals surface area contributed by atoms with Crippen molar-refractivity contribution in [1.82, 2.24) is 5.32 Å². The zero-order valence-electron chi connectivity index (χ0n) is 22.8. The van der Waals surface area contributed by atoms with Gasteiger partial charge in [0, 0.05) is 24.4 Å². The van der Waals surface area contributed by atoms with Gasteiger partial charge in [-0.15, -0.1) is 0 Å². The lowest BCUT2D eigenvalue weighted by Gasteiger charge is -2.56. The number of carboxylic acid groups (broad SMARTS) is 2. The van der Waals surface area contributed by atoms with E-state index in [2.05, 4.69) is 5.32 Å². The highest BCUT2D eigenvalue weighted by Gasteiger charge is 2.69. The SMILES string of the molecule is CC[C@]12c3c4ccc(O)c3O[C@H]1C(OC(=O)C[C@H](CC(C)=O)C(=O)O[C@H](CC(=O)O)C(=O)O)=CC[C@@]2(O)[C@H](NC)C4. The molecular formula is C28H33NO12. The number of ketones is 1. The Labute approximate surface area is 235 Å². The first kappa shape index (κ1) is 30.0. The molecule has 0 amide bonds. The van der Waals surface area contributed by atoms with E-state index in [1.54, 1.807) is 13.1 Å². The number of esters is 2. The zero-order valence-corrected chi connectivity index (χ0v) is 22.8. The van der Waals surface area contributed by atoms with Gasteiger partial charge in [-0.25, -0.2) is 4.79 Å². The van der Waals surface area contributed by atoms with Gasteiger partial charge in [0.25, 0.3) is 0 Å². The van der Waals surface area contributed by atoms with Crippen molar-refractivity contribution in [1.29, 1.82) is 0 Å². The molecule has 1 heterocycles. The number of carboxylic acids is 2. The number of Topliss-reactive ketones (excluding diaryl/α,β-unsaturated/α-hetero) is 1. The molecule has 13 nitrogen and oxygen atoms in total. The molecule has 1 aliphatic heterocycles. The Kier molecular flexibility index (Phi) is 8.14. The lowest BCUT2D eigenvalue weighted by molar-refractivity contribution is -0.171. The van der Waals surface area contributed by atoms with E-state index in [-0.39, 0.29) is 29.7 Å². The number of aliphatic carboxylic acids is 2. The molecule has 0 saturated carbocycles. The number of ether oxygens (including phenoxy) is 3. The molecule has 0 saturated heterocycles. The highest BCUT2D eigenvalue weighted by Crippen LogP contribution is 2.63. The zero-order chi connectivity index (χ0) is 30.3. The van der Waals surface area contributed by atoms with Gasteiger partial charge in [-0.05, 0) is 44.5 Å². The van der Waals surface area contributed by atoms with Gasteiger partial charge in [0.05, 0.1) is 29.8 Å². The molecule has 1 aromatic carbocycles. The van der Waals surface area contributed by atoms with Crippen LogP contribution in [0.3, 0.4) is 0 Å². The Balaban J connectivity index is 1.60. The number of aromatic hydroxyl groups is 1. The molecule has 0 radical (unpaired) electrons. The van der Waals surface area contributed by atoms with Crippen LogP contribution in [0.1, 0.15) is 57.1 Å². The standard InChI is InChI=1S/C28H33NO12/c1-4-27-22-14-5-6-16(31)23(22)41-24(27)17(7-8-28(27,38)19(10-14)29-3)39-21(34)11-15(9-13(2)30)26(37)40-18(25(35)36)12-20(32)33/h5-7,15,18-19,24,29,31,38H,4,8-12H2,1-3H3,(H,32,33)(H,35,36)/t15-,18+,19+,24-,27-,28+/m0/s1. The van der Waals surface area contributed by atoms with Gasteiger partial charge in [-0.3, -0.25) is 14.4 Å². The molecule has 13 heteroatoms. The molecule has 41 heavy (non-hydrogen) atoms. The Morgan fingerprint density at radius 1 is 1.15 bits per heavy atom. The van der Waals surface area contributed by atoms with Crippen LogP contribution in [0.4, 0.5) is 0 Å². The van der Waals surface area contributed by atoms with Gasteiger partial charge in [0.15, 0.2) is 17.6 Å².